The first kappa shape index (κ1) is 19.3. The highest BCUT2D eigenvalue weighted by Crippen LogP contribution is 2.22. The maximum Gasteiger partial charge on any atom is 0.322 e. The largest absolute Gasteiger partial charge is 0.466 e. The first-order valence-electron chi connectivity index (χ1n) is 9.50. The number of nitrogens with one attached hydrogen (secondary N) is 1. The number of esters is 1. The summed E-state index contributed by atoms with van der Waals surface area (Å²) in [5.74, 6) is -0.0962. The second-order valence-electron chi connectivity index (χ2n) is 6.60. The average molecular weight is 346 g/mol. The predicted octanol–water partition coefficient (Wildman–Crippen LogP) is 4.72. The molecule has 138 valence electrons. The molecule has 2 amide bonds. The van der Waals surface area contributed by atoms with Gasteiger partial charge in [-0.15, -0.1) is 0 Å². The van der Waals surface area contributed by atoms with Crippen LogP contribution in [0.5, 0.6) is 0 Å². The number of hydrogen-bond donors (Lipinski definition) is 1. The second-order valence-corrected chi connectivity index (χ2v) is 6.60. The van der Waals surface area contributed by atoms with E-state index in [0.29, 0.717) is 26.1 Å². The Balaban J connectivity index is 1.54. The van der Waals surface area contributed by atoms with Crippen LogP contribution in [0.1, 0.15) is 63.9 Å². The molecule has 1 heterocycles. The molecule has 0 saturated heterocycles. The van der Waals surface area contributed by atoms with Crippen molar-refractivity contribution in [1.82, 2.24) is 4.90 Å². The third-order valence-electron chi connectivity index (χ3n) is 4.48. The van der Waals surface area contributed by atoms with Crippen LogP contribution in [0.2, 0.25) is 0 Å². The fourth-order valence-electron chi connectivity index (χ4n) is 2.97. The maximum atomic E-state index is 12.1. The Kier molecular flexibility index (Phi) is 8.29. The van der Waals surface area contributed by atoms with E-state index in [4.69, 9.17) is 4.74 Å². The van der Waals surface area contributed by atoms with Crippen molar-refractivity contribution in [3.8, 4) is 0 Å². The van der Waals surface area contributed by atoms with Crippen molar-refractivity contribution >= 4 is 17.7 Å². The molecule has 0 atom stereocenters. The van der Waals surface area contributed by atoms with Crippen molar-refractivity contribution in [1.29, 1.82) is 0 Å². The van der Waals surface area contributed by atoms with Gasteiger partial charge in [0.2, 0.25) is 0 Å². The fourth-order valence-corrected chi connectivity index (χ4v) is 2.97. The van der Waals surface area contributed by atoms with E-state index >= 15 is 0 Å². The third kappa shape index (κ3) is 6.77. The van der Waals surface area contributed by atoms with Gasteiger partial charge >= 0.3 is 12.0 Å². The number of benzene rings is 1. The summed E-state index contributed by atoms with van der Waals surface area (Å²) < 4.78 is 5.23. The number of para-hydroxylation sites is 1. The number of nitrogens with zero attached hydrogens (tertiary/aromatic N) is 1. The molecular formula is C20H30N2O3. The van der Waals surface area contributed by atoms with Gasteiger partial charge in [0.1, 0.15) is 0 Å². The van der Waals surface area contributed by atoms with Gasteiger partial charge in [0.25, 0.3) is 0 Å². The highest BCUT2D eigenvalue weighted by atomic mass is 16.5. The number of urea groups is 1. The molecule has 1 aliphatic heterocycles. The minimum absolute atomic E-state index is 0.0369. The Morgan fingerprint density at radius 2 is 1.92 bits per heavy atom. The molecule has 1 aliphatic rings. The lowest BCUT2D eigenvalue weighted by Crippen LogP contribution is -2.39. The van der Waals surface area contributed by atoms with E-state index in [2.05, 4.69) is 12.2 Å². The van der Waals surface area contributed by atoms with E-state index in [1.54, 1.807) is 0 Å². The van der Waals surface area contributed by atoms with Gasteiger partial charge in [0.15, 0.2) is 0 Å². The molecule has 0 aliphatic carbocycles. The monoisotopic (exact) mass is 346 g/mol. The zero-order valence-corrected chi connectivity index (χ0v) is 15.3. The molecular weight excluding hydrogens is 316 g/mol. The van der Waals surface area contributed by atoms with E-state index in [9.17, 15) is 9.59 Å². The summed E-state index contributed by atoms with van der Waals surface area (Å²) in [6.45, 7) is 4.08. The Hall–Kier alpha value is -2.04. The molecule has 0 spiro atoms. The highest BCUT2D eigenvalue weighted by molar-refractivity contribution is 5.92. The van der Waals surface area contributed by atoms with Crippen LogP contribution in [0.4, 0.5) is 10.5 Å². The lowest BCUT2D eigenvalue weighted by atomic mass is 10.1. The lowest BCUT2D eigenvalue weighted by Gasteiger charge is -2.29. The number of unbranched alkanes of at least 4 members (excludes halogenated alkanes) is 5. The molecule has 0 aromatic heterocycles. The molecule has 0 bridgehead atoms. The van der Waals surface area contributed by atoms with Crippen LogP contribution in [0, 0.1) is 0 Å². The van der Waals surface area contributed by atoms with Crippen LogP contribution in [-0.4, -0.2) is 30.1 Å². The van der Waals surface area contributed by atoms with Crippen LogP contribution in [0.25, 0.3) is 0 Å². The van der Waals surface area contributed by atoms with Gasteiger partial charge in [-0.25, -0.2) is 4.79 Å². The quantitative estimate of drug-likeness (QED) is 0.466. The molecule has 1 N–H and O–H groups in total. The number of carbonyl (C=O) groups is 2. The van der Waals surface area contributed by atoms with Crippen LogP contribution >= 0.6 is 0 Å². The van der Waals surface area contributed by atoms with Crippen molar-refractivity contribution in [2.75, 3.05) is 18.5 Å². The zero-order chi connectivity index (χ0) is 17.9. The number of rotatable bonds is 11. The van der Waals surface area contributed by atoms with Gasteiger partial charge in [0.05, 0.1) is 6.61 Å². The first-order valence-corrected chi connectivity index (χ1v) is 9.50. The van der Waals surface area contributed by atoms with Gasteiger partial charge < -0.3 is 15.0 Å². The molecule has 0 saturated carbocycles. The Labute approximate surface area is 150 Å². The van der Waals surface area contributed by atoms with Gasteiger partial charge in [-0.1, -0.05) is 50.8 Å². The average Bonchev–Trinajstić information content (AvgIpc) is 2.61. The molecule has 2 rings (SSSR count). The summed E-state index contributed by atoms with van der Waals surface area (Å²) in [5, 5.41) is 2.92. The number of amides is 2. The second kappa shape index (κ2) is 10.7. The Morgan fingerprint density at radius 3 is 2.76 bits per heavy atom. The van der Waals surface area contributed by atoms with Crippen molar-refractivity contribution in [3.05, 3.63) is 29.8 Å². The zero-order valence-electron chi connectivity index (χ0n) is 15.3. The normalized spacial score (nSPS) is 13.3. The summed E-state index contributed by atoms with van der Waals surface area (Å²) in [4.78, 5) is 25.5. The van der Waals surface area contributed by atoms with Gasteiger partial charge in [-0.2, -0.15) is 0 Å². The van der Waals surface area contributed by atoms with E-state index in [1.807, 2.05) is 29.2 Å². The molecule has 0 fully saturated rings. The molecule has 1 aromatic rings. The molecule has 25 heavy (non-hydrogen) atoms. The number of fused-ring (bicyclic) bond motifs is 1. The van der Waals surface area contributed by atoms with Crippen LogP contribution in [-0.2, 0) is 16.1 Å². The topological polar surface area (TPSA) is 58.6 Å². The van der Waals surface area contributed by atoms with E-state index in [0.717, 1.165) is 43.4 Å². The number of ether oxygens (including phenoxy) is 1. The van der Waals surface area contributed by atoms with E-state index in [1.165, 1.54) is 12.8 Å². The highest BCUT2D eigenvalue weighted by Gasteiger charge is 2.21. The molecule has 0 unspecified atom stereocenters. The number of hydrogen-bond acceptors (Lipinski definition) is 3. The molecule has 5 nitrogen and oxygen atoms in total. The summed E-state index contributed by atoms with van der Waals surface area (Å²) in [7, 11) is 0. The summed E-state index contributed by atoms with van der Waals surface area (Å²) in [6, 6.07) is 7.85. The smallest absolute Gasteiger partial charge is 0.322 e. The number of carbonyl (C=O) groups excluding carboxylic acids is 2. The Morgan fingerprint density at radius 1 is 1.12 bits per heavy atom. The summed E-state index contributed by atoms with van der Waals surface area (Å²) >= 11 is 0. The maximum absolute atomic E-state index is 12.1. The van der Waals surface area contributed by atoms with E-state index < -0.39 is 0 Å². The van der Waals surface area contributed by atoms with Crippen molar-refractivity contribution in [3.63, 3.8) is 0 Å². The molecule has 5 heteroatoms. The SMILES string of the molecule is CCCCCCOC(=O)CCCCCN1Cc2ccccc2NC1=O. The standard InChI is InChI=1S/C20H30N2O3/c1-2-3-4-10-15-25-19(23)13-6-5-9-14-22-16-17-11-7-8-12-18(17)21-20(22)24/h7-8,11-12H,2-6,9-10,13-16H2,1H3,(H,21,24). The van der Waals surface area contributed by atoms with E-state index in [-0.39, 0.29) is 12.0 Å². The van der Waals surface area contributed by atoms with Crippen molar-refractivity contribution < 1.29 is 14.3 Å². The van der Waals surface area contributed by atoms with Crippen LogP contribution < -0.4 is 5.32 Å². The lowest BCUT2D eigenvalue weighted by molar-refractivity contribution is -0.143. The molecule has 0 radical (unpaired) electrons. The molecule has 1 aromatic carbocycles. The van der Waals surface area contributed by atoms with Crippen molar-refractivity contribution in [2.45, 2.75) is 64.8 Å². The Bertz CT molecular complexity index is 560. The van der Waals surface area contributed by atoms with Gasteiger partial charge in [0, 0.05) is 25.2 Å². The van der Waals surface area contributed by atoms with Crippen LogP contribution in [0.15, 0.2) is 24.3 Å². The summed E-state index contributed by atoms with van der Waals surface area (Å²) in [5.41, 5.74) is 2.05. The minimum atomic E-state index is -0.0962. The van der Waals surface area contributed by atoms with Crippen LogP contribution in [0.3, 0.4) is 0 Å². The predicted molar refractivity (Wildman–Crippen MR) is 99.4 cm³/mol. The fraction of sp³-hybridized carbons (Fsp3) is 0.600. The number of anilines is 1. The van der Waals surface area contributed by atoms with Gasteiger partial charge in [-0.05, 0) is 30.9 Å². The minimum Gasteiger partial charge on any atom is -0.466 e. The van der Waals surface area contributed by atoms with Crippen molar-refractivity contribution in [2.24, 2.45) is 0 Å². The summed E-state index contributed by atoms with van der Waals surface area (Å²) in [6.07, 6.45) is 7.61. The third-order valence-corrected chi connectivity index (χ3v) is 4.48. The van der Waals surface area contributed by atoms with Gasteiger partial charge in [-0.3, -0.25) is 4.79 Å². The first-order chi connectivity index (χ1) is 12.2.